The zero-order valence-corrected chi connectivity index (χ0v) is 22.2. The fraction of sp³-hybridized carbons (Fsp3) is 0.333. The van der Waals surface area contributed by atoms with Gasteiger partial charge in [0.2, 0.25) is 0 Å². The van der Waals surface area contributed by atoms with Crippen LogP contribution in [0.15, 0.2) is 65.7 Å². The molecule has 4 aromatic rings. The molecule has 2 N–H and O–H groups in total. The van der Waals surface area contributed by atoms with Crippen molar-refractivity contribution in [3.05, 3.63) is 72.1 Å². The SMILES string of the molecule is Cc1cc(NS(=O)(=O)c2ccc(C(C)(C)C)cc2)n(-c2cccc3c(NC(C)(C)C)nccc23)n1. The van der Waals surface area contributed by atoms with E-state index in [9.17, 15) is 8.42 Å². The first-order chi connectivity index (χ1) is 16.2. The molecule has 2 aromatic carbocycles. The van der Waals surface area contributed by atoms with Crippen molar-refractivity contribution in [2.24, 2.45) is 0 Å². The van der Waals surface area contributed by atoms with E-state index in [1.807, 2.05) is 43.3 Å². The van der Waals surface area contributed by atoms with Gasteiger partial charge < -0.3 is 5.32 Å². The molecule has 0 bridgehead atoms. The summed E-state index contributed by atoms with van der Waals surface area (Å²) >= 11 is 0. The number of rotatable bonds is 5. The van der Waals surface area contributed by atoms with Gasteiger partial charge in [-0.05, 0) is 62.9 Å². The van der Waals surface area contributed by atoms with Gasteiger partial charge in [-0.2, -0.15) is 5.10 Å². The van der Waals surface area contributed by atoms with Crippen molar-refractivity contribution in [2.75, 3.05) is 10.0 Å². The molecule has 0 amide bonds. The molecule has 0 spiro atoms. The Hall–Kier alpha value is -3.39. The van der Waals surface area contributed by atoms with E-state index in [1.165, 1.54) is 0 Å². The molecule has 0 saturated carbocycles. The number of sulfonamides is 1. The molecule has 0 radical (unpaired) electrons. The molecule has 2 aromatic heterocycles. The minimum atomic E-state index is -3.81. The number of aromatic nitrogens is 3. The van der Waals surface area contributed by atoms with E-state index in [2.05, 4.69) is 61.7 Å². The van der Waals surface area contributed by atoms with Gasteiger partial charge in [0.1, 0.15) is 11.6 Å². The summed E-state index contributed by atoms with van der Waals surface area (Å²) < 4.78 is 30.9. The van der Waals surface area contributed by atoms with E-state index >= 15 is 0 Å². The molecular formula is C27H33N5O2S. The summed E-state index contributed by atoms with van der Waals surface area (Å²) in [6, 6.07) is 16.5. The highest BCUT2D eigenvalue weighted by atomic mass is 32.2. The van der Waals surface area contributed by atoms with Crippen LogP contribution < -0.4 is 10.0 Å². The highest BCUT2D eigenvalue weighted by Gasteiger charge is 2.21. The Morgan fingerprint density at radius 2 is 1.57 bits per heavy atom. The molecule has 2 heterocycles. The van der Waals surface area contributed by atoms with Crippen LogP contribution in [0.4, 0.5) is 11.6 Å². The van der Waals surface area contributed by atoms with Crippen molar-refractivity contribution in [3.63, 3.8) is 0 Å². The first-order valence-corrected chi connectivity index (χ1v) is 13.1. The second kappa shape index (κ2) is 8.68. The Bertz CT molecular complexity index is 1480. The zero-order valence-electron chi connectivity index (χ0n) is 21.3. The van der Waals surface area contributed by atoms with Crippen LogP contribution in [0, 0.1) is 6.92 Å². The van der Waals surface area contributed by atoms with Crippen LogP contribution in [-0.2, 0) is 15.4 Å². The van der Waals surface area contributed by atoms with Crippen LogP contribution in [0.1, 0.15) is 52.8 Å². The van der Waals surface area contributed by atoms with Crippen molar-refractivity contribution in [1.29, 1.82) is 0 Å². The van der Waals surface area contributed by atoms with Crippen molar-refractivity contribution >= 4 is 32.4 Å². The molecule has 0 aliphatic heterocycles. The van der Waals surface area contributed by atoms with Gasteiger partial charge in [-0.15, -0.1) is 0 Å². The minimum Gasteiger partial charge on any atom is -0.365 e. The molecule has 0 fully saturated rings. The number of nitrogens with zero attached hydrogens (tertiary/aromatic N) is 3. The summed E-state index contributed by atoms with van der Waals surface area (Å²) in [5.41, 5.74) is 2.31. The maximum Gasteiger partial charge on any atom is 0.263 e. The van der Waals surface area contributed by atoms with Crippen LogP contribution in [0.2, 0.25) is 0 Å². The van der Waals surface area contributed by atoms with Gasteiger partial charge in [0, 0.05) is 28.6 Å². The summed E-state index contributed by atoms with van der Waals surface area (Å²) in [7, 11) is -3.81. The van der Waals surface area contributed by atoms with E-state index in [0.717, 1.165) is 27.8 Å². The third-order valence-corrected chi connectivity index (χ3v) is 6.98. The van der Waals surface area contributed by atoms with E-state index in [0.29, 0.717) is 11.5 Å². The number of pyridine rings is 1. The number of anilines is 2. The molecular weight excluding hydrogens is 458 g/mol. The average molecular weight is 492 g/mol. The maximum absolute atomic E-state index is 13.3. The van der Waals surface area contributed by atoms with Gasteiger partial charge in [0.25, 0.3) is 10.0 Å². The zero-order chi connectivity index (χ0) is 25.6. The molecule has 0 saturated heterocycles. The second-order valence-electron chi connectivity index (χ2n) is 10.9. The van der Waals surface area contributed by atoms with E-state index in [4.69, 9.17) is 0 Å². The molecule has 0 unspecified atom stereocenters. The first-order valence-electron chi connectivity index (χ1n) is 11.6. The maximum atomic E-state index is 13.3. The Morgan fingerprint density at radius 3 is 2.20 bits per heavy atom. The van der Waals surface area contributed by atoms with Crippen LogP contribution in [0.3, 0.4) is 0 Å². The fourth-order valence-corrected chi connectivity index (χ4v) is 4.95. The Labute approximate surface area is 207 Å². The van der Waals surface area contributed by atoms with Gasteiger partial charge in [0.15, 0.2) is 0 Å². The van der Waals surface area contributed by atoms with E-state index in [-0.39, 0.29) is 15.8 Å². The van der Waals surface area contributed by atoms with Crippen LogP contribution >= 0.6 is 0 Å². The Kier molecular flexibility index (Phi) is 6.13. The van der Waals surface area contributed by atoms with Gasteiger partial charge in [-0.3, -0.25) is 4.72 Å². The third kappa shape index (κ3) is 5.32. The van der Waals surface area contributed by atoms with Crippen molar-refractivity contribution in [2.45, 2.75) is 64.3 Å². The van der Waals surface area contributed by atoms with E-state index in [1.54, 1.807) is 29.1 Å². The van der Waals surface area contributed by atoms with Crippen LogP contribution in [0.5, 0.6) is 0 Å². The number of nitrogens with one attached hydrogen (secondary N) is 2. The smallest absolute Gasteiger partial charge is 0.263 e. The highest BCUT2D eigenvalue weighted by molar-refractivity contribution is 7.92. The predicted octanol–water partition coefficient (Wildman–Crippen LogP) is 6.04. The lowest BCUT2D eigenvalue weighted by Crippen LogP contribution is -2.26. The standard InChI is InChI=1S/C27H33N5O2S/c1-18-17-24(31-35(33,34)20-13-11-19(12-14-20)26(2,3)4)32(30-18)23-10-8-9-22-21(23)15-16-28-25(22)29-27(5,6)7/h8-17,31H,1-7H3,(H,28,29). The normalized spacial score (nSPS) is 12.7. The fourth-order valence-electron chi connectivity index (χ4n) is 3.92. The van der Waals surface area contributed by atoms with Gasteiger partial charge in [-0.1, -0.05) is 45.0 Å². The summed E-state index contributed by atoms with van der Waals surface area (Å²) in [5, 5.41) is 9.89. The summed E-state index contributed by atoms with van der Waals surface area (Å²) in [4.78, 5) is 4.73. The molecule has 0 aliphatic rings. The number of hydrogen-bond acceptors (Lipinski definition) is 5. The number of fused-ring (bicyclic) bond motifs is 1. The summed E-state index contributed by atoms with van der Waals surface area (Å²) in [5.74, 6) is 1.14. The lowest BCUT2D eigenvalue weighted by Gasteiger charge is -2.22. The van der Waals surface area contributed by atoms with Gasteiger partial charge >= 0.3 is 0 Å². The molecule has 0 atom stereocenters. The van der Waals surface area contributed by atoms with Crippen LogP contribution in [0.25, 0.3) is 16.5 Å². The lowest BCUT2D eigenvalue weighted by atomic mass is 9.87. The Morgan fingerprint density at radius 1 is 0.886 bits per heavy atom. The quantitative estimate of drug-likeness (QED) is 0.355. The molecule has 7 nitrogen and oxygen atoms in total. The van der Waals surface area contributed by atoms with E-state index < -0.39 is 10.0 Å². The minimum absolute atomic E-state index is 0.0601. The molecule has 8 heteroatoms. The van der Waals surface area contributed by atoms with Gasteiger partial charge in [0.05, 0.1) is 16.3 Å². The van der Waals surface area contributed by atoms with Crippen molar-refractivity contribution in [1.82, 2.24) is 14.8 Å². The lowest BCUT2D eigenvalue weighted by molar-refractivity contribution is 0.587. The van der Waals surface area contributed by atoms with Crippen molar-refractivity contribution < 1.29 is 8.42 Å². The predicted molar refractivity (Wildman–Crippen MR) is 143 cm³/mol. The van der Waals surface area contributed by atoms with Gasteiger partial charge in [-0.25, -0.2) is 18.1 Å². The molecule has 35 heavy (non-hydrogen) atoms. The second-order valence-corrected chi connectivity index (χ2v) is 12.6. The largest absolute Gasteiger partial charge is 0.365 e. The number of hydrogen-bond donors (Lipinski definition) is 2. The topological polar surface area (TPSA) is 88.9 Å². The van der Waals surface area contributed by atoms with Crippen LogP contribution in [-0.4, -0.2) is 28.7 Å². The molecule has 0 aliphatic carbocycles. The summed E-state index contributed by atoms with van der Waals surface area (Å²) in [6.45, 7) is 14.4. The monoisotopic (exact) mass is 491 g/mol. The molecule has 4 rings (SSSR count). The number of aryl methyl sites for hydroxylation is 1. The first kappa shape index (κ1) is 24.7. The Balaban J connectivity index is 1.76. The summed E-state index contributed by atoms with van der Waals surface area (Å²) in [6.07, 6.45) is 1.75. The number of benzene rings is 2. The molecule has 184 valence electrons. The average Bonchev–Trinajstić information content (AvgIpc) is 3.11. The third-order valence-electron chi connectivity index (χ3n) is 5.61. The van der Waals surface area contributed by atoms with Crippen molar-refractivity contribution in [3.8, 4) is 5.69 Å². The highest BCUT2D eigenvalue weighted by Crippen LogP contribution is 2.31.